The van der Waals surface area contributed by atoms with Gasteiger partial charge in [-0.2, -0.15) is 0 Å². The van der Waals surface area contributed by atoms with Gasteiger partial charge in [-0.05, 0) is 48.1 Å². The van der Waals surface area contributed by atoms with E-state index in [1.54, 1.807) is 0 Å². The molecule has 0 saturated heterocycles. The van der Waals surface area contributed by atoms with Crippen molar-refractivity contribution in [2.45, 2.75) is 39.5 Å². The summed E-state index contributed by atoms with van der Waals surface area (Å²) in [6.07, 6.45) is 3.65. The summed E-state index contributed by atoms with van der Waals surface area (Å²) in [6, 6.07) is 16.1. The van der Waals surface area contributed by atoms with Crippen LogP contribution < -0.4 is 5.32 Å². The number of halogens is 1. The van der Waals surface area contributed by atoms with Crippen molar-refractivity contribution in [3.05, 3.63) is 81.3 Å². The molecule has 28 heavy (non-hydrogen) atoms. The average Bonchev–Trinajstić information content (AvgIpc) is 3.10. The van der Waals surface area contributed by atoms with Crippen LogP contribution in [0.1, 0.15) is 48.3 Å². The Labute approximate surface area is 175 Å². The third kappa shape index (κ3) is 5.66. The zero-order chi connectivity index (χ0) is 20.1. The smallest absolute Gasteiger partial charge is 0.233 e. The molecule has 3 aromatic rings. The SMILES string of the molecule is CC(C)Cc1ccc([C@H](C)C(=O)Nc2ncc(Cc3ccc(Cl)cc3)s2)cc1. The Bertz CT molecular complexity index is 917. The fourth-order valence-corrected chi connectivity index (χ4v) is 4.00. The molecule has 0 aliphatic rings. The van der Waals surface area contributed by atoms with Gasteiger partial charge in [0.05, 0.1) is 5.92 Å². The Morgan fingerprint density at radius 2 is 1.68 bits per heavy atom. The summed E-state index contributed by atoms with van der Waals surface area (Å²) in [5.41, 5.74) is 3.49. The number of amides is 1. The first-order valence-corrected chi connectivity index (χ1v) is 10.7. The van der Waals surface area contributed by atoms with Gasteiger partial charge in [-0.15, -0.1) is 11.3 Å². The molecule has 0 radical (unpaired) electrons. The van der Waals surface area contributed by atoms with Crippen LogP contribution >= 0.6 is 22.9 Å². The Morgan fingerprint density at radius 3 is 2.32 bits per heavy atom. The van der Waals surface area contributed by atoms with Gasteiger partial charge in [-0.1, -0.05) is 61.8 Å². The molecule has 0 aliphatic heterocycles. The Kier molecular flexibility index (Phi) is 6.87. The van der Waals surface area contributed by atoms with Crippen molar-refractivity contribution in [2.24, 2.45) is 5.92 Å². The molecule has 1 atom stereocenters. The number of aromatic nitrogens is 1. The van der Waals surface area contributed by atoms with E-state index in [9.17, 15) is 4.79 Å². The second-order valence-corrected chi connectivity index (χ2v) is 9.04. The molecule has 1 aromatic heterocycles. The first-order chi connectivity index (χ1) is 13.4. The van der Waals surface area contributed by atoms with E-state index in [1.165, 1.54) is 22.5 Å². The number of hydrogen-bond donors (Lipinski definition) is 1. The highest BCUT2D eigenvalue weighted by molar-refractivity contribution is 7.15. The van der Waals surface area contributed by atoms with Crippen molar-refractivity contribution < 1.29 is 4.79 Å². The maximum atomic E-state index is 12.6. The van der Waals surface area contributed by atoms with Gasteiger partial charge in [0.15, 0.2) is 5.13 Å². The second kappa shape index (κ2) is 9.35. The zero-order valence-electron chi connectivity index (χ0n) is 16.4. The van der Waals surface area contributed by atoms with Crippen LogP contribution in [0.4, 0.5) is 5.13 Å². The summed E-state index contributed by atoms with van der Waals surface area (Å²) in [7, 11) is 0. The van der Waals surface area contributed by atoms with E-state index in [0.717, 1.165) is 28.3 Å². The number of benzene rings is 2. The van der Waals surface area contributed by atoms with Gasteiger partial charge in [0.2, 0.25) is 5.91 Å². The molecule has 0 spiro atoms. The van der Waals surface area contributed by atoms with E-state index >= 15 is 0 Å². The summed E-state index contributed by atoms with van der Waals surface area (Å²) in [5.74, 6) is 0.360. The monoisotopic (exact) mass is 412 g/mol. The van der Waals surface area contributed by atoms with E-state index in [2.05, 4.69) is 48.4 Å². The highest BCUT2D eigenvalue weighted by Gasteiger charge is 2.17. The molecule has 1 amide bonds. The third-order valence-corrected chi connectivity index (χ3v) is 5.76. The summed E-state index contributed by atoms with van der Waals surface area (Å²) in [5, 5.41) is 4.31. The predicted octanol–water partition coefficient (Wildman–Crippen LogP) is 6.33. The Balaban J connectivity index is 1.59. The summed E-state index contributed by atoms with van der Waals surface area (Å²) < 4.78 is 0. The standard InChI is InChI=1S/C23H25ClN2OS/c1-15(2)12-17-4-8-19(9-5-17)16(3)22(27)26-23-25-14-21(28-23)13-18-6-10-20(24)11-7-18/h4-11,14-16H,12-13H2,1-3H3,(H,25,26,27)/t16-/m0/s1. The van der Waals surface area contributed by atoms with Crippen LogP contribution in [-0.2, 0) is 17.6 Å². The van der Waals surface area contributed by atoms with Gasteiger partial charge >= 0.3 is 0 Å². The van der Waals surface area contributed by atoms with Crippen LogP contribution in [0.15, 0.2) is 54.7 Å². The van der Waals surface area contributed by atoms with E-state index in [0.29, 0.717) is 11.0 Å². The predicted molar refractivity (Wildman–Crippen MR) is 118 cm³/mol. The van der Waals surface area contributed by atoms with E-state index in [1.807, 2.05) is 37.4 Å². The number of nitrogens with zero attached hydrogens (tertiary/aromatic N) is 1. The summed E-state index contributed by atoms with van der Waals surface area (Å²) in [4.78, 5) is 18.1. The lowest BCUT2D eigenvalue weighted by molar-refractivity contribution is -0.117. The fraction of sp³-hybridized carbons (Fsp3) is 0.304. The maximum Gasteiger partial charge on any atom is 0.233 e. The first kappa shape index (κ1) is 20.6. The van der Waals surface area contributed by atoms with Gasteiger partial charge in [0.1, 0.15) is 0 Å². The molecule has 2 aromatic carbocycles. The van der Waals surface area contributed by atoms with Gasteiger partial charge in [0.25, 0.3) is 0 Å². The molecule has 0 bridgehead atoms. The lowest BCUT2D eigenvalue weighted by atomic mass is 9.96. The average molecular weight is 413 g/mol. The molecule has 146 valence electrons. The number of carbonyl (C=O) groups is 1. The van der Waals surface area contributed by atoms with Crippen LogP contribution in [0.2, 0.25) is 5.02 Å². The van der Waals surface area contributed by atoms with Crippen LogP contribution in [0.5, 0.6) is 0 Å². The van der Waals surface area contributed by atoms with Crippen molar-refractivity contribution in [1.29, 1.82) is 0 Å². The number of hydrogen-bond acceptors (Lipinski definition) is 3. The van der Waals surface area contributed by atoms with Gasteiger partial charge in [-0.3, -0.25) is 4.79 Å². The molecule has 3 nitrogen and oxygen atoms in total. The van der Waals surface area contributed by atoms with Gasteiger partial charge < -0.3 is 5.32 Å². The highest BCUT2D eigenvalue weighted by Crippen LogP contribution is 2.24. The summed E-state index contributed by atoms with van der Waals surface area (Å²) >= 11 is 7.44. The minimum atomic E-state index is -0.225. The van der Waals surface area contributed by atoms with E-state index < -0.39 is 0 Å². The molecule has 0 fully saturated rings. The third-order valence-electron chi connectivity index (χ3n) is 4.59. The van der Waals surface area contributed by atoms with Crippen LogP contribution in [-0.4, -0.2) is 10.9 Å². The van der Waals surface area contributed by atoms with Gasteiger partial charge in [0, 0.05) is 22.5 Å². The first-order valence-electron chi connectivity index (χ1n) is 9.49. The lowest BCUT2D eigenvalue weighted by Gasteiger charge is -2.12. The zero-order valence-corrected chi connectivity index (χ0v) is 18.0. The molecule has 0 aliphatic carbocycles. The normalized spacial score (nSPS) is 12.2. The number of thiazole rings is 1. The molecular formula is C23H25ClN2OS. The van der Waals surface area contributed by atoms with E-state index in [-0.39, 0.29) is 11.8 Å². The maximum absolute atomic E-state index is 12.6. The van der Waals surface area contributed by atoms with Crippen LogP contribution in [0.3, 0.4) is 0 Å². The molecule has 5 heteroatoms. The number of nitrogens with one attached hydrogen (secondary N) is 1. The van der Waals surface area contributed by atoms with E-state index in [4.69, 9.17) is 11.6 Å². The van der Waals surface area contributed by atoms with Crippen molar-refractivity contribution in [2.75, 3.05) is 5.32 Å². The molecular weight excluding hydrogens is 388 g/mol. The van der Waals surface area contributed by atoms with Crippen LogP contribution in [0.25, 0.3) is 0 Å². The minimum absolute atomic E-state index is 0.0380. The molecule has 3 rings (SSSR count). The fourth-order valence-electron chi connectivity index (χ4n) is 3.03. The number of carbonyl (C=O) groups excluding carboxylic acids is 1. The topological polar surface area (TPSA) is 42.0 Å². The van der Waals surface area contributed by atoms with Crippen molar-refractivity contribution >= 4 is 34.0 Å². The molecule has 0 unspecified atom stereocenters. The molecule has 1 heterocycles. The Morgan fingerprint density at radius 1 is 1.04 bits per heavy atom. The minimum Gasteiger partial charge on any atom is -0.301 e. The largest absolute Gasteiger partial charge is 0.301 e. The molecule has 0 saturated carbocycles. The van der Waals surface area contributed by atoms with Crippen molar-refractivity contribution in [3.8, 4) is 0 Å². The molecule has 1 N–H and O–H groups in total. The quantitative estimate of drug-likeness (QED) is 0.492. The number of rotatable bonds is 7. The van der Waals surface area contributed by atoms with Gasteiger partial charge in [-0.25, -0.2) is 4.98 Å². The lowest BCUT2D eigenvalue weighted by Crippen LogP contribution is -2.18. The second-order valence-electron chi connectivity index (χ2n) is 7.49. The van der Waals surface area contributed by atoms with Crippen molar-refractivity contribution in [3.63, 3.8) is 0 Å². The van der Waals surface area contributed by atoms with Crippen molar-refractivity contribution in [1.82, 2.24) is 4.98 Å². The summed E-state index contributed by atoms with van der Waals surface area (Å²) in [6.45, 7) is 6.34. The van der Waals surface area contributed by atoms with Crippen LogP contribution in [0, 0.1) is 5.92 Å². The highest BCUT2D eigenvalue weighted by atomic mass is 35.5. The Hall–Kier alpha value is -2.17. The number of anilines is 1.